The van der Waals surface area contributed by atoms with Gasteiger partial charge >= 0.3 is 0 Å². The molecule has 1 saturated heterocycles. The van der Waals surface area contributed by atoms with E-state index in [1.807, 2.05) is 6.07 Å². The van der Waals surface area contributed by atoms with Gasteiger partial charge in [-0.2, -0.15) is 5.10 Å². The second kappa shape index (κ2) is 7.53. The van der Waals surface area contributed by atoms with Gasteiger partial charge in [-0.1, -0.05) is 23.7 Å². The molecular weight excluding hydrogens is 383 g/mol. The minimum absolute atomic E-state index is 0.229. The summed E-state index contributed by atoms with van der Waals surface area (Å²) < 4.78 is 14.9. The number of nitrogens with one attached hydrogen (secondary N) is 1. The Labute approximate surface area is 165 Å². The molecule has 3 aromatic rings. The zero-order valence-electron chi connectivity index (χ0n) is 14.7. The molecule has 1 amide bonds. The summed E-state index contributed by atoms with van der Waals surface area (Å²) >= 11 is 6.12. The maximum atomic E-state index is 13.3. The predicted octanol–water partition coefficient (Wildman–Crippen LogP) is 2.90. The number of rotatable bonds is 4. The van der Waals surface area contributed by atoms with Crippen molar-refractivity contribution in [1.29, 1.82) is 0 Å². The molecule has 28 heavy (non-hydrogen) atoms. The first-order valence-electron chi connectivity index (χ1n) is 8.65. The van der Waals surface area contributed by atoms with Crippen molar-refractivity contribution in [3.63, 3.8) is 0 Å². The Morgan fingerprint density at radius 3 is 2.68 bits per heavy atom. The normalized spacial score (nSPS) is 16.4. The molecule has 1 unspecified atom stereocenters. The molecular formula is C20H16ClFN4O2. The highest BCUT2D eigenvalue weighted by Crippen LogP contribution is 2.27. The summed E-state index contributed by atoms with van der Waals surface area (Å²) in [6.07, 6.45) is 0.780. The summed E-state index contributed by atoms with van der Waals surface area (Å²) in [4.78, 5) is 25.3. The van der Waals surface area contributed by atoms with Gasteiger partial charge in [-0.3, -0.25) is 10.1 Å². The van der Waals surface area contributed by atoms with E-state index in [9.17, 15) is 14.0 Å². The average molecular weight is 399 g/mol. The summed E-state index contributed by atoms with van der Waals surface area (Å²) in [5.74, 6) is -0.652. The number of halogens is 2. The summed E-state index contributed by atoms with van der Waals surface area (Å²) in [5.41, 5.74) is 2.26. The number of aromatic nitrogens is 2. The van der Waals surface area contributed by atoms with Crippen LogP contribution in [-0.4, -0.2) is 46.1 Å². The lowest BCUT2D eigenvalue weighted by Crippen LogP contribution is -2.30. The highest BCUT2D eigenvalue weighted by atomic mass is 35.5. The van der Waals surface area contributed by atoms with E-state index in [-0.39, 0.29) is 36.7 Å². The van der Waals surface area contributed by atoms with E-state index in [2.05, 4.69) is 10.4 Å². The fourth-order valence-electron chi connectivity index (χ4n) is 3.12. The molecule has 1 aliphatic heterocycles. The molecule has 1 aliphatic rings. The van der Waals surface area contributed by atoms with Gasteiger partial charge in [-0.25, -0.2) is 9.07 Å². The molecule has 1 N–H and O–H groups in total. The van der Waals surface area contributed by atoms with Gasteiger partial charge in [0.1, 0.15) is 12.1 Å². The number of nitrogens with zero attached hydrogens (tertiary/aromatic N) is 3. The van der Waals surface area contributed by atoms with Crippen molar-refractivity contribution in [2.24, 2.45) is 0 Å². The number of carbonyl (C=O) groups excluding carboxylic acids is 2. The van der Waals surface area contributed by atoms with Crippen molar-refractivity contribution in [2.75, 3.05) is 13.2 Å². The second-order valence-corrected chi connectivity index (χ2v) is 6.88. The summed E-state index contributed by atoms with van der Waals surface area (Å²) in [7, 11) is 0. The smallest absolute Gasteiger partial charge is 0.275 e. The molecule has 1 fully saturated rings. The Kier molecular flexibility index (Phi) is 4.93. The molecule has 8 heteroatoms. The fourth-order valence-corrected chi connectivity index (χ4v) is 3.31. The third-order valence-corrected chi connectivity index (χ3v) is 4.77. The van der Waals surface area contributed by atoms with Crippen LogP contribution in [0.2, 0.25) is 5.02 Å². The second-order valence-electron chi connectivity index (χ2n) is 6.45. The highest BCUT2D eigenvalue weighted by molar-refractivity contribution is 6.30. The van der Waals surface area contributed by atoms with Crippen molar-refractivity contribution in [3.05, 3.63) is 71.1 Å². The van der Waals surface area contributed by atoms with Crippen molar-refractivity contribution < 1.29 is 14.0 Å². The largest absolute Gasteiger partial charge is 0.322 e. The average Bonchev–Trinajstić information content (AvgIpc) is 3.35. The van der Waals surface area contributed by atoms with Gasteiger partial charge in [0.05, 0.1) is 24.1 Å². The molecule has 0 aliphatic carbocycles. The van der Waals surface area contributed by atoms with Gasteiger partial charge < -0.3 is 9.69 Å². The Balaban J connectivity index is 1.77. The number of amides is 1. The predicted molar refractivity (Wildman–Crippen MR) is 103 cm³/mol. The van der Waals surface area contributed by atoms with Crippen LogP contribution in [0.1, 0.15) is 10.5 Å². The third kappa shape index (κ3) is 3.54. The van der Waals surface area contributed by atoms with Crippen LogP contribution in [0, 0.1) is 5.82 Å². The first-order valence-corrected chi connectivity index (χ1v) is 9.03. The van der Waals surface area contributed by atoms with E-state index in [4.69, 9.17) is 11.6 Å². The van der Waals surface area contributed by atoms with E-state index in [1.165, 1.54) is 17.0 Å². The Morgan fingerprint density at radius 1 is 1.21 bits per heavy atom. The molecule has 1 aromatic heterocycles. The van der Waals surface area contributed by atoms with Crippen LogP contribution in [0.5, 0.6) is 0 Å². The van der Waals surface area contributed by atoms with E-state index in [0.717, 1.165) is 11.8 Å². The van der Waals surface area contributed by atoms with Crippen LogP contribution < -0.4 is 5.32 Å². The SMILES string of the molecule is O=CC1CN(C(=O)c2cc(-c3cccc(Cl)c3)n(-c3ccc(F)cc3)n2)CN1. The first kappa shape index (κ1) is 18.3. The van der Waals surface area contributed by atoms with Crippen molar-refractivity contribution in [1.82, 2.24) is 20.0 Å². The lowest BCUT2D eigenvalue weighted by molar-refractivity contribution is -0.109. The maximum Gasteiger partial charge on any atom is 0.275 e. The van der Waals surface area contributed by atoms with Gasteiger partial charge in [0.2, 0.25) is 0 Å². The standard InChI is InChI=1S/C20H16ClFN4O2/c21-14-3-1-2-13(8-14)19-9-18(20(28)25-10-16(11-27)23-12-25)24-26(19)17-6-4-15(22)5-7-17/h1-9,11,16,23H,10,12H2. The minimum Gasteiger partial charge on any atom is -0.322 e. The van der Waals surface area contributed by atoms with Gasteiger partial charge in [0.15, 0.2) is 5.69 Å². The molecule has 142 valence electrons. The molecule has 4 rings (SSSR count). The summed E-state index contributed by atoms with van der Waals surface area (Å²) in [5, 5.41) is 7.95. The van der Waals surface area contributed by atoms with Crippen LogP contribution in [0.25, 0.3) is 16.9 Å². The zero-order chi connectivity index (χ0) is 19.7. The van der Waals surface area contributed by atoms with Crippen LogP contribution >= 0.6 is 11.6 Å². The lowest BCUT2D eigenvalue weighted by atomic mass is 10.1. The molecule has 0 saturated carbocycles. The van der Waals surface area contributed by atoms with Crippen molar-refractivity contribution >= 4 is 23.8 Å². The van der Waals surface area contributed by atoms with Gasteiger partial charge in [0, 0.05) is 17.1 Å². The minimum atomic E-state index is -0.379. The van der Waals surface area contributed by atoms with Crippen LogP contribution in [0.4, 0.5) is 4.39 Å². The van der Waals surface area contributed by atoms with Crippen LogP contribution in [-0.2, 0) is 4.79 Å². The Morgan fingerprint density at radius 2 is 2.00 bits per heavy atom. The van der Waals surface area contributed by atoms with Gasteiger partial charge in [0.25, 0.3) is 5.91 Å². The maximum absolute atomic E-state index is 13.3. The fraction of sp³-hybridized carbons (Fsp3) is 0.150. The molecule has 6 nitrogen and oxygen atoms in total. The molecule has 1 atom stereocenters. The number of carbonyl (C=O) groups is 2. The summed E-state index contributed by atoms with van der Waals surface area (Å²) in [6, 6.07) is 14.3. The van der Waals surface area contributed by atoms with E-state index in [1.54, 1.807) is 41.1 Å². The van der Waals surface area contributed by atoms with Gasteiger partial charge in [-0.15, -0.1) is 0 Å². The monoisotopic (exact) mass is 398 g/mol. The molecule has 0 bridgehead atoms. The van der Waals surface area contributed by atoms with E-state index in [0.29, 0.717) is 16.4 Å². The third-order valence-electron chi connectivity index (χ3n) is 4.53. The Bertz CT molecular complexity index is 1030. The number of hydrogen-bond donors (Lipinski definition) is 1. The van der Waals surface area contributed by atoms with Gasteiger partial charge in [-0.05, 0) is 42.5 Å². The number of benzene rings is 2. The van der Waals surface area contributed by atoms with E-state index < -0.39 is 0 Å². The summed E-state index contributed by atoms with van der Waals surface area (Å²) in [6.45, 7) is 0.566. The van der Waals surface area contributed by atoms with Crippen molar-refractivity contribution in [2.45, 2.75) is 6.04 Å². The zero-order valence-corrected chi connectivity index (χ0v) is 15.4. The molecule has 2 heterocycles. The molecule has 2 aromatic carbocycles. The number of hydrogen-bond acceptors (Lipinski definition) is 4. The van der Waals surface area contributed by atoms with Crippen molar-refractivity contribution in [3.8, 4) is 16.9 Å². The molecule has 0 radical (unpaired) electrons. The lowest BCUT2D eigenvalue weighted by Gasteiger charge is -2.12. The topological polar surface area (TPSA) is 67.2 Å². The van der Waals surface area contributed by atoms with E-state index >= 15 is 0 Å². The van der Waals surface area contributed by atoms with Crippen LogP contribution in [0.15, 0.2) is 54.6 Å². The quantitative estimate of drug-likeness (QED) is 0.686. The molecule has 0 spiro atoms. The first-order chi connectivity index (χ1) is 13.5. The van der Waals surface area contributed by atoms with Crippen LogP contribution in [0.3, 0.4) is 0 Å². The Hall–Kier alpha value is -3.03. The highest BCUT2D eigenvalue weighted by Gasteiger charge is 2.28. The number of aldehydes is 1.